The Bertz CT molecular complexity index is 552. The van der Waals surface area contributed by atoms with Crippen molar-refractivity contribution in [1.29, 1.82) is 0 Å². The number of hydrogen-bond acceptors (Lipinski definition) is 3. The van der Waals surface area contributed by atoms with Gasteiger partial charge in [0.15, 0.2) is 6.61 Å². The molecule has 21 heavy (non-hydrogen) atoms. The van der Waals surface area contributed by atoms with Crippen molar-refractivity contribution in [2.45, 2.75) is 19.3 Å². The first kappa shape index (κ1) is 15.9. The summed E-state index contributed by atoms with van der Waals surface area (Å²) in [5, 5.41) is 3.42. The molecule has 0 radical (unpaired) electrons. The lowest BCUT2D eigenvalue weighted by molar-refractivity contribution is -0.151. The van der Waals surface area contributed by atoms with Crippen LogP contribution in [0.25, 0.3) is 0 Å². The van der Waals surface area contributed by atoms with Crippen molar-refractivity contribution in [3.8, 4) is 0 Å². The molecule has 1 aromatic rings. The zero-order chi connectivity index (χ0) is 15.2. The number of halogens is 2. The number of carbonyl (C=O) groups excluding carboxylic acids is 2. The van der Waals surface area contributed by atoms with Crippen LogP contribution in [0, 0.1) is 5.92 Å². The van der Waals surface area contributed by atoms with Crippen LogP contribution < -0.4 is 5.32 Å². The first-order chi connectivity index (χ1) is 10.0. The van der Waals surface area contributed by atoms with Crippen LogP contribution in [-0.2, 0) is 14.3 Å². The van der Waals surface area contributed by atoms with Gasteiger partial charge in [0.25, 0.3) is 5.91 Å². The molecule has 1 atom stereocenters. The average molecular weight is 328 g/mol. The van der Waals surface area contributed by atoms with Crippen molar-refractivity contribution in [3.05, 3.63) is 40.4 Å². The highest BCUT2D eigenvalue weighted by Crippen LogP contribution is 2.22. The van der Waals surface area contributed by atoms with Crippen LogP contribution in [-0.4, -0.2) is 18.5 Å². The fourth-order valence-electron chi connectivity index (χ4n) is 2.09. The summed E-state index contributed by atoms with van der Waals surface area (Å²) in [4.78, 5) is 23.5. The molecule has 1 N–H and O–H groups in total. The third kappa shape index (κ3) is 5.06. The average Bonchev–Trinajstić information content (AvgIpc) is 2.44. The van der Waals surface area contributed by atoms with Gasteiger partial charge in [0.05, 0.1) is 5.92 Å². The van der Waals surface area contributed by atoms with E-state index in [-0.39, 0.29) is 18.5 Å². The zero-order valence-corrected chi connectivity index (χ0v) is 12.8. The van der Waals surface area contributed by atoms with Crippen LogP contribution in [0.15, 0.2) is 30.4 Å². The quantitative estimate of drug-likeness (QED) is 0.675. The van der Waals surface area contributed by atoms with Gasteiger partial charge in [0.2, 0.25) is 0 Å². The van der Waals surface area contributed by atoms with E-state index in [0.29, 0.717) is 22.2 Å². The van der Waals surface area contributed by atoms with E-state index in [0.717, 1.165) is 12.8 Å². The Morgan fingerprint density at radius 3 is 2.52 bits per heavy atom. The number of esters is 1. The molecule has 4 nitrogen and oxygen atoms in total. The van der Waals surface area contributed by atoms with Gasteiger partial charge in [-0.3, -0.25) is 9.59 Å². The molecule has 0 saturated heterocycles. The SMILES string of the molecule is O=C(COC(=O)[C@H]1CC=CCC1)Nc1cc(Cl)cc(Cl)c1. The van der Waals surface area contributed by atoms with Gasteiger partial charge >= 0.3 is 5.97 Å². The first-order valence-corrected chi connectivity index (χ1v) is 7.38. The second kappa shape index (κ2) is 7.48. The molecule has 1 aromatic carbocycles. The van der Waals surface area contributed by atoms with Crippen LogP contribution in [0.4, 0.5) is 5.69 Å². The largest absolute Gasteiger partial charge is 0.455 e. The Kier molecular flexibility index (Phi) is 5.65. The second-order valence-corrected chi connectivity index (χ2v) is 5.67. The van der Waals surface area contributed by atoms with Gasteiger partial charge in [-0.15, -0.1) is 0 Å². The van der Waals surface area contributed by atoms with Crippen LogP contribution >= 0.6 is 23.2 Å². The minimum Gasteiger partial charge on any atom is -0.455 e. The number of benzene rings is 1. The van der Waals surface area contributed by atoms with Crippen molar-refractivity contribution in [2.75, 3.05) is 11.9 Å². The molecule has 0 heterocycles. The summed E-state index contributed by atoms with van der Waals surface area (Å²) in [5.74, 6) is -0.907. The first-order valence-electron chi connectivity index (χ1n) is 6.62. The number of ether oxygens (including phenoxy) is 1. The number of rotatable bonds is 4. The van der Waals surface area contributed by atoms with Crippen molar-refractivity contribution in [3.63, 3.8) is 0 Å². The lowest BCUT2D eigenvalue weighted by Gasteiger charge is -2.16. The minimum absolute atomic E-state index is 0.150. The number of nitrogens with one attached hydrogen (secondary N) is 1. The number of carbonyl (C=O) groups is 2. The molecular weight excluding hydrogens is 313 g/mol. The number of allylic oxidation sites excluding steroid dienone is 2. The molecule has 1 amide bonds. The highest BCUT2D eigenvalue weighted by molar-refractivity contribution is 6.35. The summed E-state index contributed by atoms with van der Waals surface area (Å²) in [5.41, 5.74) is 0.467. The molecular formula is C15H15Cl2NO3. The Morgan fingerprint density at radius 1 is 1.19 bits per heavy atom. The lowest BCUT2D eigenvalue weighted by Crippen LogP contribution is -2.25. The molecule has 6 heteroatoms. The second-order valence-electron chi connectivity index (χ2n) is 4.80. The van der Waals surface area contributed by atoms with Gasteiger partial charge in [-0.2, -0.15) is 0 Å². The highest BCUT2D eigenvalue weighted by Gasteiger charge is 2.21. The van der Waals surface area contributed by atoms with Crippen molar-refractivity contribution < 1.29 is 14.3 Å². The Balaban J connectivity index is 1.81. The summed E-state index contributed by atoms with van der Waals surface area (Å²) < 4.78 is 5.03. The van der Waals surface area contributed by atoms with Gasteiger partial charge < -0.3 is 10.1 Å². The predicted octanol–water partition coefficient (Wildman–Crippen LogP) is 3.83. The molecule has 1 aliphatic rings. The number of anilines is 1. The Morgan fingerprint density at radius 2 is 1.90 bits per heavy atom. The molecule has 0 spiro atoms. The maximum absolute atomic E-state index is 11.8. The Hall–Kier alpha value is -1.52. The van der Waals surface area contributed by atoms with Crippen molar-refractivity contribution >= 4 is 40.8 Å². The van der Waals surface area contributed by atoms with E-state index in [1.165, 1.54) is 0 Å². The summed E-state index contributed by atoms with van der Waals surface area (Å²) >= 11 is 11.7. The third-order valence-electron chi connectivity index (χ3n) is 3.09. The Labute approximate surface area is 133 Å². The highest BCUT2D eigenvalue weighted by atomic mass is 35.5. The molecule has 0 saturated carbocycles. The van der Waals surface area contributed by atoms with Gasteiger partial charge in [-0.25, -0.2) is 0 Å². The smallest absolute Gasteiger partial charge is 0.309 e. The van der Waals surface area contributed by atoms with Gasteiger partial charge in [-0.05, 0) is 37.5 Å². The molecule has 2 rings (SSSR count). The van der Waals surface area contributed by atoms with E-state index in [1.807, 2.05) is 12.2 Å². The molecule has 0 aliphatic heterocycles. The maximum atomic E-state index is 11.8. The van der Waals surface area contributed by atoms with Crippen LogP contribution in [0.1, 0.15) is 19.3 Å². The van der Waals surface area contributed by atoms with E-state index < -0.39 is 5.91 Å². The van der Waals surface area contributed by atoms with Crippen LogP contribution in [0.5, 0.6) is 0 Å². The van der Waals surface area contributed by atoms with Crippen molar-refractivity contribution in [2.24, 2.45) is 5.92 Å². The summed E-state index contributed by atoms with van der Waals surface area (Å²) in [7, 11) is 0. The topological polar surface area (TPSA) is 55.4 Å². The standard InChI is InChI=1S/C15H15Cl2NO3/c16-11-6-12(17)8-13(7-11)18-14(19)9-21-15(20)10-4-2-1-3-5-10/h1-2,6-8,10H,3-5,9H2,(H,18,19)/t10-/m0/s1. The fourth-order valence-corrected chi connectivity index (χ4v) is 2.61. The van der Waals surface area contributed by atoms with Gasteiger partial charge in [0.1, 0.15) is 0 Å². The molecule has 112 valence electrons. The van der Waals surface area contributed by atoms with E-state index in [1.54, 1.807) is 18.2 Å². The predicted molar refractivity (Wildman–Crippen MR) is 82.5 cm³/mol. The fraction of sp³-hybridized carbons (Fsp3) is 0.333. The monoisotopic (exact) mass is 327 g/mol. The van der Waals surface area contributed by atoms with Crippen molar-refractivity contribution in [1.82, 2.24) is 0 Å². The third-order valence-corrected chi connectivity index (χ3v) is 3.53. The zero-order valence-electron chi connectivity index (χ0n) is 11.3. The number of amides is 1. The van der Waals surface area contributed by atoms with Gasteiger partial charge in [-0.1, -0.05) is 35.4 Å². The molecule has 0 unspecified atom stereocenters. The molecule has 0 bridgehead atoms. The lowest BCUT2D eigenvalue weighted by atomic mass is 9.95. The minimum atomic E-state index is -0.423. The van der Waals surface area contributed by atoms with E-state index in [4.69, 9.17) is 27.9 Å². The van der Waals surface area contributed by atoms with Crippen LogP contribution in [0.3, 0.4) is 0 Å². The summed E-state index contributed by atoms with van der Waals surface area (Å²) in [6, 6.07) is 4.70. The molecule has 1 aliphatic carbocycles. The summed E-state index contributed by atoms with van der Waals surface area (Å²) in [6.07, 6.45) is 6.31. The summed E-state index contributed by atoms with van der Waals surface area (Å²) in [6.45, 7) is -0.316. The molecule has 0 aromatic heterocycles. The van der Waals surface area contributed by atoms with Crippen LogP contribution in [0.2, 0.25) is 10.0 Å². The van der Waals surface area contributed by atoms with Gasteiger partial charge in [0, 0.05) is 15.7 Å². The normalized spacial score (nSPS) is 17.3. The molecule has 0 fully saturated rings. The van der Waals surface area contributed by atoms with E-state index in [2.05, 4.69) is 5.32 Å². The van der Waals surface area contributed by atoms with E-state index in [9.17, 15) is 9.59 Å². The van der Waals surface area contributed by atoms with E-state index >= 15 is 0 Å². The maximum Gasteiger partial charge on any atom is 0.309 e. The number of hydrogen-bond donors (Lipinski definition) is 1.